The van der Waals surface area contributed by atoms with E-state index >= 15 is 0 Å². The van der Waals surface area contributed by atoms with Crippen molar-refractivity contribution in [1.29, 1.82) is 5.41 Å². The number of nitrogen functional groups attached to an aromatic ring is 2. The van der Waals surface area contributed by atoms with E-state index in [1.807, 2.05) is 0 Å². The van der Waals surface area contributed by atoms with Crippen molar-refractivity contribution < 1.29 is 46.3 Å². The molecule has 2 atom stereocenters. The second-order valence-corrected chi connectivity index (χ2v) is 10.4. The molecule has 17 nitrogen and oxygen atoms in total. The van der Waals surface area contributed by atoms with Crippen molar-refractivity contribution in [3.05, 3.63) is 35.1 Å². The summed E-state index contributed by atoms with van der Waals surface area (Å²) in [6, 6.07) is 2.80. The van der Waals surface area contributed by atoms with Gasteiger partial charge < -0.3 is 26.1 Å². The molecule has 2 aromatic rings. The third kappa shape index (κ3) is 7.02. The summed E-state index contributed by atoms with van der Waals surface area (Å²) in [5.74, 6) is -4.39. The van der Waals surface area contributed by atoms with E-state index in [0.717, 1.165) is 11.3 Å². The van der Waals surface area contributed by atoms with Gasteiger partial charge in [-0.1, -0.05) is 5.16 Å². The van der Waals surface area contributed by atoms with Crippen LogP contribution in [0.25, 0.3) is 0 Å². The number of oxime groups is 1. The van der Waals surface area contributed by atoms with E-state index in [0.29, 0.717) is 5.06 Å². The summed E-state index contributed by atoms with van der Waals surface area (Å²) in [4.78, 5) is 50.2. The quantitative estimate of drug-likeness (QED) is 0.0657. The number of anilines is 1. The van der Waals surface area contributed by atoms with Gasteiger partial charge in [-0.2, -0.15) is 13.5 Å². The van der Waals surface area contributed by atoms with E-state index in [9.17, 15) is 27.9 Å². The lowest BCUT2D eigenvalue weighted by molar-refractivity contribution is -0.228. The Kier molecular flexibility index (Phi) is 8.48. The minimum Gasteiger partial charge on any atom is -0.487 e. The number of hydrogen-bond donors (Lipinski definition) is 5. The maximum atomic E-state index is 13.1. The van der Waals surface area contributed by atoms with E-state index < -0.39 is 64.4 Å². The van der Waals surface area contributed by atoms with Crippen LogP contribution < -0.4 is 16.2 Å². The number of thiazole rings is 1. The molecular weight excluding hydrogens is 562 g/mol. The van der Waals surface area contributed by atoms with Gasteiger partial charge in [0.05, 0.1) is 17.7 Å². The molecule has 0 saturated carbocycles. The van der Waals surface area contributed by atoms with Gasteiger partial charge in [0.15, 0.2) is 16.6 Å². The topological polar surface area (TPSA) is 271 Å². The van der Waals surface area contributed by atoms with Crippen LogP contribution in [0.1, 0.15) is 31.7 Å². The molecule has 1 fully saturated rings. The second-order valence-electron chi connectivity index (χ2n) is 8.52. The number of aromatic nitrogens is 2. The van der Waals surface area contributed by atoms with Gasteiger partial charge >= 0.3 is 16.4 Å². The van der Waals surface area contributed by atoms with Crippen molar-refractivity contribution in [2.24, 2.45) is 16.8 Å². The van der Waals surface area contributed by atoms with Crippen LogP contribution in [0.15, 0.2) is 28.9 Å². The van der Waals surface area contributed by atoms with Crippen LogP contribution >= 0.6 is 11.3 Å². The number of hydrogen-bond acceptors (Lipinski definition) is 14. The highest BCUT2D eigenvalue weighted by molar-refractivity contribution is 7.80. The third-order valence-corrected chi connectivity index (χ3v) is 6.43. The van der Waals surface area contributed by atoms with Gasteiger partial charge in [-0.15, -0.1) is 15.6 Å². The van der Waals surface area contributed by atoms with Crippen LogP contribution in [0.4, 0.5) is 5.13 Å². The molecule has 39 heavy (non-hydrogen) atoms. The second kappa shape index (κ2) is 11.3. The van der Waals surface area contributed by atoms with Gasteiger partial charge in [0.25, 0.3) is 12.0 Å². The van der Waals surface area contributed by atoms with Crippen LogP contribution in [-0.2, 0) is 33.9 Å². The summed E-state index contributed by atoms with van der Waals surface area (Å²) in [5.41, 5.74) is 9.34. The zero-order valence-corrected chi connectivity index (χ0v) is 21.9. The number of carbonyl (C=O) groups excluding carboxylic acids is 2. The molecule has 2 aromatic heterocycles. The Hall–Kier alpha value is -4.20. The lowest BCUT2D eigenvalue weighted by Gasteiger charge is -2.50. The molecular formula is C20H23N7O10S2. The number of amides is 1. The van der Waals surface area contributed by atoms with Crippen molar-refractivity contribution in [2.75, 3.05) is 12.3 Å². The highest BCUT2D eigenvalue weighted by Crippen LogP contribution is 2.40. The van der Waals surface area contributed by atoms with Gasteiger partial charge in [-0.25, -0.2) is 14.8 Å². The molecule has 0 spiro atoms. The molecule has 19 heteroatoms. The number of amidine groups is 1. The fourth-order valence-corrected chi connectivity index (χ4v) is 4.35. The first kappa shape index (κ1) is 29.4. The minimum absolute atomic E-state index is 0.0489. The molecule has 7 N–H and O–H groups in total. The number of carboxylic acids is 1. The number of rotatable bonds is 13. The van der Waals surface area contributed by atoms with Crippen LogP contribution in [0, 0.1) is 11.3 Å². The number of Topliss-reactive ketones (excluding diaryl/α,β-unsaturated/α-hetero) is 1. The zero-order chi connectivity index (χ0) is 29.1. The SMILES string of the molecule is CC1(C)C(CC(=O)/C(=N\O[C@@H](COc2ccc(C(=N)N)nc2)C(=O)O)c2csc(N)n2)C(=O)N1OS(=O)(=O)O. The number of ether oxygens (including phenoxy) is 1. The van der Waals surface area contributed by atoms with Gasteiger partial charge in [0.2, 0.25) is 0 Å². The lowest BCUT2D eigenvalue weighted by Crippen LogP contribution is -2.68. The maximum Gasteiger partial charge on any atom is 0.418 e. The molecule has 0 aromatic carbocycles. The summed E-state index contributed by atoms with van der Waals surface area (Å²) >= 11 is 0.964. The van der Waals surface area contributed by atoms with Crippen molar-refractivity contribution in [1.82, 2.24) is 15.0 Å². The van der Waals surface area contributed by atoms with E-state index in [1.165, 1.54) is 37.6 Å². The molecule has 1 amide bonds. The number of carboxylic acid groups (broad SMARTS) is 1. The molecule has 1 aliphatic rings. The highest BCUT2D eigenvalue weighted by atomic mass is 32.3. The molecule has 0 bridgehead atoms. The van der Waals surface area contributed by atoms with E-state index in [4.69, 9.17) is 31.0 Å². The number of β-lactam (4-membered cyclic amide) rings is 1. The smallest absolute Gasteiger partial charge is 0.418 e. The monoisotopic (exact) mass is 585 g/mol. The number of pyridine rings is 1. The Morgan fingerprint density at radius 3 is 2.51 bits per heavy atom. The summed E-state index contributed by atoms with van der Waals surface area (Å²) in [6.45, 7) is 2.25. The van der Waals surface area contributed by atoms with E-state index in [2.05, 4.69) is 19.4 Å². The number of hydroxylamine groups is 2. The fourth-order valence-electron chi connectivity index (χ4n) is 3.35. The normalized spacial score (nSPS) is 17.7. The lowest BCUT2D eigenvalue weighted by atomic mass is 9.74. The Morgan fingerprint density at radius 2 is 2.03 bits per heavy atom. The average molecular weight is 586 g/mol. The van der Waals surface area contributed by atoms with Crippen molar-refractivity contribution in [2.45, 2.75) is 31.9 Å². The van der Waals surface area contributed by atoms with Gasteiger partial charge in [-0.05, 0) is 26.0 Å². The standard InChI is InChI=1S/C20H23N7O10S2/c1-20(2)10(17(29)27(20)37-39(32,33)34)5-13(28)15(12-8-38-19(23)25-12)26-36-14(18(30)31)7-35-9-3-4-11(16(21)22)24-6-9/h3-4,6,8,10,14H,5,7H2,1-2H3,(H3,21,22)(H2,23,25)(H,30,31)(H,32,33,34)/b26-15-/t10?,14-/m0/s1. The first-order chi connectivity index (χ1) is 18.1. The van der Waals surface area contributed by atoms with Crippen molar-refractivity contribution in [3.8, 4) is 5.75 Å². The van der Waals surface area contributed by atoms with E-state index in [1.54, 1.807) is 0 Å². The van der Waals surface area contributed by atoms with Crippen molar-refractivity contribution >= 4 is 56.1 Å². The molecule has 210 valence electrons. The highest BCUT2D eigenvalue weighted by Gasteiger charge is 2.57. The Labute approximate surface area is 224 Å². The summed E-state index contributed by atoms with van der Waals surface area (Å²) in [6.07, 6.45) is -0.992. The number of aliphatic carboxylic acids is 1. The molecule has 1 unspecified atom stereocenters. The van der Waals surface area contributed by atoms with Crippen LogP contribution in [-0.4, -0.2) is 80.6 Å². The average Bonchev–Trinajstić information content (AvgIpc) is 3.28. The molecule has 0 radical (unpaired) electrons. The molecule has 3 rings (SSSR count). The van der Waals surface area contributed by atoms with Gasteiger partial charge in [0, 0.05) is 11.8 Å². The minimum atomic E-state index is -4.99. The van der Waals surface area contributed by atoms with Crippen LogP contribution in [0.2, 0.25) is 0 Å². The molecule has 1 saturated heterocycles. The predicted molar refractivity (Wildman–Crippen MR) is 133 cm³/mol. The first-order valence-electron chi connectivity index (χ1n) is 10.8. The molecule has 0 aliphatic carbocycles. The number of nitrogens with two attached hydrogens (primary N) is 2. The number of nitrogens with zero attached hydrogens (tertiary/aromatic N) is 4. The van der Waals surface area contributed by atoms with Crippen molar-refractivity contribution in [3.63, 3.8) is 0 Å². The summed E-state index contributed by atoms with van der Waals surface area (Å²) in [7, 11) is -4.99. The first-order valence-corrected chi connectivity index (χ1v) is 13.0. The number of nitrogens with one attached hydrogen (secondary N) is 1. The predicted octanol–water partition coefficient (Wildman–Crippen LogP) is -0.412. The largest absolute Gasteiger partial charge is 0.487 e. The van der Waals surface area contributed by atoms with Gasteiger partial charge in [0.1, 0.15) is 29.6 Å². The zero-order valence-electron chi connectivity index (χ0n) is 20.3. The Morgan fingerprint density at radius 1 is 1.33 bits per heavy atom. The number of carbonyl (C=O) groups is 3. The maximum absolute atomic E-state index is 13.1. The number of ketones is 1. The Balaban J connectivity index is 1.76. The summed E-state index contributed by atoms with van der Waals surface area (Å²) in [5, 5.41) is 22.4. The molecule has 1 aliphatic heterocycles. The molecule has 3 heterocycles. The summed E-state index contributed by atoms with van der Waals surface area (Å²) < 4.78 is 40.6. The van der Waals surface area contributed by atoms with Crippen LogP contribution in [0.3, 0.4) is 0 Å². The third-order valence-electron chi connectivity index (χ3n) is 5.42. The van der Waals surface area contributed by atoms with Gasteiger partial charge in [-0.3, -0.25) is 19.6 Å². The van der Waals surface area contributed by atoms with E-state index in [-0.39, 0.29) is 28.1 Å². The fraction of sp³-hybridized carbons (Fsp3) is 0.350. The van der Waals surface area contributed by atoms with Crippen LogP contribution in [0.5, 0.6) is 5.75 Å². The Bertz CT molecular complexity index is 1420.